The minimum absolute atomic E-state index is 0.207. The molecule has 206 valence electrons. The van der Waals surface area contributed by atoms with Crippen LogP contribution in [0, 0.1) is 0 Å². The first-order valence-corrected chi connectivity index (χ1v) is 14.7. The number of fused-ring (bicyclic) bond motifs is 6. The molecule has 0 saturated carbocycles. The summed E-state index contributed by atoms with van der Waals surface area (Å²) in [5.74, 6) is 1.74. The van der Waals surface area contributed by atoms with Crippen molar-refractivity contribution in [3.8, 4) is 23.0 Å². The molecule has 0 bridgehead atoms. The van der Waals surface area contributed by atoms with E-state index in [0.29, 0.717) is 23.7 Å². The second-order valence-corrected chi connectivity index (χ2v) is 10.7. The highest BCUT2D eigenvalue weighted by Crippen LogP contribution is 2.58. The van der Waals surface area contributed by atoms with Gasteiger partial charge in [0.05, 0.1) is 12.2 Å². The lowest BCUT2D eigenvalue weighted by molar-refractivity contribution is 0.0223. The van der Waals surface area contributed by atoms with Crippen LogP contribution >= 0.6 is 0 Å². The number of hydrogen-bond donors (Lipinski definition) is 1. The zero-order valence-electron chi connectivity index (χ0n) is 23.5. The number of aryl methyl sites for hydroxylation is 2. The van der Waals surface area contributed by atoms with E-state index in [1.54, 1.807) is 6.07 Å². The van der Waals surface area contributed by atoms with Gasteiger partial charge in [0.2, 0.25) is 0 Å². The minimum Gasteiger partial charge on any atom is -0.508 e. The number of ether oxygens (including phenoxy) is 3. The number of carbonyl (C=O) groups is 1. The highest BCUT2D eigenvalue weighted by Gasteiger charge is 2.54. The molecular formula is C34H40O5. The average Bonchev–Trinajstić information content (AvgIpc) is 3.23. The van der Waals surface area contributed by atoms with Crippen molar-refractivity contribution in [2.45, 2.75) is 90.6 Å². The van der Waals surface area contributed by atoms with E-state index in [1.807, 2.05) is 43.3 Å². The molecule has 2 aliphatic rings. The summed E-state index contributed by atoms with van der Waals surface area (Å²) in [5.41, 5.74) is 3.74. The normalized spacial score (nSPS) is 16.8. The van der Waals surface area contributed by atoms with Crippen molar-refractivity contribution in [1.29, 1.82) is 0 Å². The van der Waals surface area contributed by atoms with E-state index < -0.39 is 5.60 Å². The predicted molar refractivity (Wildman–Crippen MR) is 153 cm³/mol. The molecule has 1 unspecified atom stereocenters. The first kappa shape index (κ1) is 27.1. The molecule has 1 spiro atoms. The van der Waals surface area contributed by atoms with Crippen molar-refractivity contribution in [2.75, 3.05) is 6.61 Å². The fraction of sp³-hybridized carbons (Fsp3) is 0.441. The summed E-state index contributed by atoms with van der Waals surface area (Å²) in [6.07, 6.45) is 10.6. The Bertz CT molecular complexity index is 1340. The van der Waals surface area contributed by atoms with Crippen LogP contribution in [0.1, 0.15) is 110 Å². The van der Waals surface area contributed by atoms with E-state index in [2.05, 4.69) is 19.9 Å². The van der Waals surface area contributed by atoms with Crippen LogP contribution in [-0.2, 0) is 23.2 Å². The van der Waals surface area contributed by atoms with Crippen molar-refractivity contribution >= 4 is 5.97 Å². The summed E-state index contributed by atoms with van der Waals surface area (Å²) in [4.78, 5) is 13.3. The lowest BCUT2D eigenvalue weighted by atomic mass is 9.76. The standard InChI is InChI=1S/C34H40O5/c1-4-7-9-11-15-23-19-27-31(21-29(23)35)38-32-22-30(37-6-3)24(16-12-10-8-5-2)20-28(32)34(27)26-18-14-13-17-25(26)33(36)39-34/h13-14,17-22,35H,4-12,15-16H2,1-3H3. The predicted octanol–water partition coefficient (Wildman–Crippen LogP) is 8.60. The zero-order valence-corrected chi connectivity index (χ0v) is 23.5. The number of phenols is 1. The Labute approximate surface area is 232 Å². The van der Waals surface area contributed by atoms with Crippen LogP contribution in [0.3, 0.4) is 0 Å². The molecule has 3 aromatic rings. The van der Waals surface area contributed by atoms with E-state index in [1.165, 1.54) is 19.3 Å². The molecular weight excluding hydrogens is 488 g/mol. The molecule has 3 aromatic carbocycles. The first-order valence-electron chi connectivity index (χ1n) is 14.7. The van der Waals surface area contributed by atoms with Crippen LogP contribution in [0.25, 0.3) is 0 Å². The highest BCUT2D eigenvalue weighted by molar-refractivity contribution is 5.97. The quantitative estimate of drug-likeness (QED) is 0.188. The van der Waals surface area contributed by atoms with Crippen LogP contribution in [0.5, 0.6) is 23.0 Å². The molecule has 1 atom stereocenters. The number of aromatic hydroxyl groups is 1. The Kier molecular flexibility index (Phi) is 8.15. The van der Waals surface area contributed by atoms with Crippen molar-refractivity contribution in [1.82, 2.24) is 0 Å². The van der Waals surface area contributed by atoms with Gasteiger partial charge >= 0.3 is 5.97 Å². The second kappa shape index (κ2) is 11.7. The Morgan fingerprint density at radius 2 is 1.41 bits per heavy atom. The van der Waals surface area contributed by atoms with Crippen LogP contribution in [0.2, 0.25) is 0 Å². The topological polar surface area (TPSA) is 65.0 Å². The molecule has 0 fully saturated rings. The van der Waals surface area contributed by atoms with Gasteiger partial charge in [0, 0.05) is 28.8 Å². The van der Waals surface area contributed by atoms with Gasteiger partial charge in [0.25, 0.3) is 0 Å². The van der Waals surface area contributed by atoms with Gasteiger partial charge in [-0.05, 0) is 61.9 Å². The maximum Gasteiger partial charge on any atom is 0.340 e. The monoisotopic (exact) mass is 528 g/mol. The van der Waals surface area contributed by atoms with Crippen LogP contribution < -0.4 is 9.47 Å². The molecule has 5 heteroatoms. The third-order valence-corrected chi connectivity index (χ3v) is 7.99. The van der Waals surface area contributed by atoms with Crippen LogP contribution in [-0.4, -0.2) is 17.7 Å². The lowest BCUT2D eigenvalue weighted by Crippen LogP contribution is -2.33. The SMILES string of the molecule is CCCCCCc1cc2c(cc1O)Oc1cc(OCC)c(CCCCCC)cc1C21OC(=O)c2ccccc21. The van der Waals surface area contributed by atoms with Crippen molar-refractivity contribution < 1.29 is 24.1 Å². The van der Waals surface area contributed by atoms with E-state index in [-0.39, 0.29) is 11.7 Å². The molecule has 0 amide bonds. The number of hydrogen-bond acceptors (Lipinski definition) is 5. The Morgan fingerprint density at radius 1 is 0.769 bits per heavy atom. The molecule has 0 saturated heterocycles. The molecule has 39 heavy (non-hydrogen) atoms. The maximum atomic E-state index is 13.3. The molecule has 1 N–H and O–H groups in total. The Hall–Kier alpha value is -3.47. The number of rotatable bonds is 12. The number of phenolic OH excluding ortho intramolecular Hbond substituents is 1. The van der Waals surface area contributed by atoms with Gasteiger partial charge in [0.15, 0.2) is 5.60 Å². The van der Waals surface area contributed by atoms with Crippen LogP contribution in [0.4, 0.5) is 0 Å². The van der Waals surface area contributed by atoms with E-state index in [4.69, 9.17) is 14.2 Å². The third-order valence-electron chi connectivity index (χ3n) is 7.99. The van der Waals surface area contributed by atoms with Crippen molar-refractivity contribution in [2.24, 2.45) is 0 Å². The summed E-state index contributed by atoms with van der Waals surface area (Å²) >= 11 is 0. The molecule has 0 aromatic heterocycles. The molecule has 2 heterocycles. The van der Waals surface area contributed by atoms with E-state index in [0.717, 1.165) is 78.5 Å². The summed E-state index contributed by atoms with van der Waals surface area (Å²) in [6.45, 7) is 6.93. The highest BCUT2D eigenvalue weighted by atomic mass is 16.6. The summed E-state index contributed by atoms with van der Waals surface area (Å²) in [7, 11) is 0. The van der Waals surface area contributed by atoms with Gasteiger partial charge in [-0.25, -0.2) is 4.79 Å². The van der Waals surface area contributed by atoms with Gasteiger partial charge < -0.3 is 19.3 Å². The number of esters is 1. The van der Waals surface area contributed by atoms with Gasteiger partial charge in [-0.1, -0.05) is 70.6 Å². The van der Waals surface area contributed by atoms with Crippen LogP contribution in [0.15, 0.2) is 48.5 Å². The minimum atomic E-state index is -1.15. The molecule has 5 nitrogen and oxygen atoms in total. The Morgan fingerprint density at radius 3 is 2.10 bits per heavy atom. The van der Waals surface area contributed by atoms with Crippen molar-refractivity contribution in [3.63, 3.8) is 0 Å². The molecule has 0 aliphatic carbocycles. The molecule has 0 radical (unpaired) electrons. The fourth-order valence-electron chi connectivity index (χ4n) is 5.99. The zero-order chi connectivity index (χ0) is 27.4. The third kappa shape index (κ3) is 4.99. The summed E-state index contributed by atoms with van der Waals surface area (Å²) in [6, 6.07) is 15.4. The smallest absolute Gasteiger partial charge is 0.340 e. The average molecular weight is 529 g/mol. The summed E-state index contributed by atoms with van der Waals surface area (Å²) < 4.78 is 18.9. The van der Waals surface area contributed by atoms with Gasteiger partial charge in [-0.2, -0.15) is 0 Å². The Balaban J connectivity index is 1.67. The number of carbonyl (C=O) groups excluding carboxylic acids is 1. The molecule has 5 rings (SSSR count). The van der Waals surface area contributed by atoms with E-state index in [9.17, 15) is 9.90 Å². The first-order chi connectivity index (χ1) is 19.0. The van der Waals surface area contributed by atoms with Gasteiger partial charge in [0.1, 0.15) is 23.0 Å². The van der Waals surface area contributed by atoms with Crippen molar-refractivity contribution in [3.05, 3.63) is 81.9 Å². The van der Waals surface area contributed by atoms with E-state index >= 15 is 0 Å². The number of benzene rings is 3. The largest absolute Gasteiger partial charge is 0.508 e. The molecule has 2 aliphatic heterocycles. The lowest BCUT2D eigenvalue weighted by Gasteiger charge is -2.37. The van der Waals surface area contributed by atoms with Gasteiger partial charge in [-0.15, -0.1) is 0 Å². The fourth-order valence-corrected chi connectivity index (χ4v) is 5.99. The second-order valence-electron chi connectivity index (χ2n) is 10.7. The van der Waals surface area contributed by atoms with Gasteiger partial charge in [-0.3, -0.25) is 0 Å². The maximum absolute atomic E-state index is 13.3. The number of unbranched alkanes of at least 4 members (excludes halogenated alkanes) is 6. The summed E-state index contributed by atoms with van der Waals surface area (Å²) in [5, 5.41) is 11.0.